The first-order chi connectivity index (χ1) is 9.81. The Bertz CT molecular complexity index is 599. The van der Waals surface area contributed by atoms with Crippen LogP contribution in [0.4, 0.5) is 0 Å². The zero-order valence-corrected chi connectivity index (χ0v) is 11.3. The molecule has 5 nitrogen and oxygen atoms in total. The number of nitrogens with one attached hydrogen (secondary N) is 2. The first-order valence-corrected chi connectivity index (χ1v) is 7.04. The van der Waals surface area contributed by atoms with Gasteiger partial charge in [-0.05, 0) is 37.3 Å². The Kier molecular flexibility index (Phi) is 3.76. The molecule has 0 fully saturated rings. The van der Waals surface area contributed by atoms with Gasteiger partial charge in [0.05, 0.1) is 12.1 Å². The summed E-state index contributed by atoms with van der Waals surface area (Å²) in [5.41, 5.74) is 1.58. The van der Waals surface area contributed by atoms with Gasteiger partial charge < -0.3 is 10.3 Å². The van der Waals surface area contributed by atoms with Crippen LogP contribution in [0, 0.1) is 5.92 Å². The first-order valence-electron chi connectivity index (χ1n) is 7.04. The molecular formula is C15H18N4O. The van der Waals surface area contributed by atoms with Crippen LogP contribution in [0.15, 0.2) is 30.5 Å². The number of carbonyl (C=O) groups excluding carboxylic acids is 1. The summed E-state index contributed by atoms with van der Waals surface area (Å²) in [6, 6.07) is 3.78. The third-order valence-electron chi connectivity index (χ3n) is 3.56. The van der Waals surface area contributed by atoms with Gasteiger partial charge in [-0.1, -0.05) is 12.2 Å². The van der Waals surface area contributed by atoms with Crippen molar-refractivity contribution in [3.63, 3.8) is 0 Å². The minimum atomic E-state index is 0.0787. The average molecular weight is 270 g/mol. The maximum Gasteiger partial charge on any atom is 0.220 e. The van der Waals surface area contributed by atoms with Crippen molar-refractivity contribution in [1.82, 2.24) is 20.3 Å². The Morgan fingerprint density at radius 2 is 2.45 bits per heavy atom. The van der Waals surface area contributed by atoms with E-state index in [9.17, 15) is 4.79 Å². The fraction of sp³-hybridized carbons (Fsp3) is 0.400. The molecule has 2 aromatic heterocycles. The lowest BCUT2D eigenvalue weighted by atomic mass is 9.93. The summed E-state index contributed by atoms with van der Waals surface area (Å²) >= 11 is 0. The number of pyridine rings is 1. The molecule has 2 N–H and O–H groups in total. The molecule has 0 radical (unpaired) electrons. The number of fused-ring (bicyclic) bond motifs is 1. The Balaban J connectivity index is 1.54. The SMILES string of the molecule is O=C(CC1C=CCCC1)NCc1nc2ncccc2[nH]1. The molecule has 0 bridgehead atoms. The molecule has 2 heterocycles. The van der Waals surface area contributed by atoms with Crippen LogP contribution in [0.1, 0.15) is 31.5 Å². The highest BCUT2D eigenvalue weighted by Crippen LogP contribution is 2.19. The highest BCUT2D eigenvalue weighted by atomic mass is 16.1. The number of rotatable bonds is 4. The van der Waals surface area contributed by atoms with E-state index < -0.39 is 0 Å². The van der Waals surface area contributed by atoms with Gasteiger partial charge in [-0.15, -0.1) is 0 Å². The fourth-order valence-corrected chi connectivity index (χ4v) is 2.52. The van der Waals surface area contributed by atoms with E-state index in [4.69, 9.17) is 0 Å². The number of aromatic amines is 1. The van der Waals surface area contributed by atoms with Crippen molar-refractivity contribution >= 4 is 17.1 Å². The van der Waals surface area contributed by atoms with Crippen molar-refractivity contribution < 1.29 is 4.79 Å². The van der Waals surface area contributed by atoms with E-state index in [0.29, 0.717) is 24.5 Å². The van der Waals surface area contributed by atoms with Crippen LogP contribution >= 0.6 is 0 Å². The molecule has 1 atom stereocenters. The fourth-order valence-electron chi connectivity index (χ4n) is 2.52. The summed E-state index contributed by atoms with van der Waals surface area (Å²) in [5, 5.41) is 2.91. The molecule has 5 heteroatoms. The standard InChI is InChI=1S/C15H18N4O/c20-14(9-11-5-2-1-3-6-11)17-10-13-18-12-7-4-8-16-15(12)19-13/h2,4-5,7-8,11H,1,3,6,9-10H2,(H,17,20)(H,16,18,19). The van der Waals surface area contributed by atoms with Gasteiger partial charge in [0.1, 0.15) is 5.82 Å². The topological polar surface area (TPSA) is 70.7 Å². The van der Waals surface area contributed by atoms with Crippen molar-refractivity contribution in [3.05, 3.63) is 36.3 Å². The quantitative estimate of drug-likeness (QED) is 0.838. The van der Waals surface area contributed by atoms with Crippen LogP contribution in [-0.4, -0.2) is 20.9 Å². The van der Waals surface area contributed by atoms with Gasteiger partial charge in [-0.3, -0.25) is 4.79 Å². The lowest BCUT2D eigenvalue weighted by Crippen LogP contribution is -2.25. The second kappa shape index (κ2) is 5.86. The van der Waals surface area contributed by atoms with Gasteiger partial charge in [0, 0.05) is 12.6 Å². The molecule has 2 aromatic rings. The average Bonchev–Trinajstić information content (AvgIpc) is 2.89. The van der Waals surface area contributed by atoms with Crippen molar-refractivity contribution in [3.8, 4) is 0 Å². The van der Waals surface area contributed by atoms with E-state index in [2.05, 4.69) is 32.4 Å². The van der Waals surface area contributed by atoms with Gasteiger partial charge in [0.15, 0.2) is 5.65 Å². The number of hydrogen-bond donors (Lipinski definition) is 2. The highest BCUT2D eigenvalue weighted by Gasteiger charge is 2.13. The third kappa shape index (κ3) is 3.04. The van der Waals surface area contributed by atoms with Crippen LogP contribution in [0.3, 0.4) is 0 Å². The lowest BCUT2D eigenvalue weighted by molar-refractivity contribution is -0.122. The van der Waals surface area contributed by atoms with E-state index >= 15 is 0 Å². The largest absolute Gasteiger partial charge is 0.349 e. The van der Waals surface area contributed by atoms with Gasteiger partial charge in [0.25, 0.3) is 0 Å². The third-order valence-corrected chi connectivity index (χ3v) is 3.56. The second-order valence-electron chi connectivity index (χ2n) is 5.16. The van der Waals surface area contributed by atoms with Crippen molar-refractivity contribution in [2.45, 2.75) is 32.2 Å². The summed E-state index contributed by atoms with van der Waals surface area (Å²) < 4.78 is 0. The normalized spacial score (nSPS) is 18.3. The van der Waals surface area contributed by atoms with E-state index in [1.807, 2.05) is 12.1 Å². The number of allylic oxidation sites excluding steroid dienone is 2. The molecule has 0 spiro atoms. The highest BCUT2D eigenvalue weighted by molar-refractivity contribution is 5.76. The maximum absolute atomic E-state index is 11.9. The van der Waals surface area contributed by atoms with Crippen LogP contribution < -0.4 is 5.32 Å². The molecule has 3 rings (SSSR count). The predicted octanol–water partition coefficient (Wildman–Crippen LogP) is 2.32. The minimum absolute atomic E-state index is 0.0787. The number of carbonyl (C=O) groups is 1. The molecule has 0 aliphatic heterocycles. The Labute approximate surface area is 117 Å². The second-order valence-corrected chi connectivity index (χ2v) is 5.16. The van der Waals surface area contributed by atoms with Gasteiger partial charge in [-0.25, -0.2) is 9.97 Å². The van der Waals surface area contributed by atoms with Crippen LogP contribution in [0.25, 0.3) is 11.2 Å². The molecule has 1 aliphatic rings. The monoisotopic (exact) mass is 270 g/mol. The summed E-state index contributed by atoms with van der Waals surface area (Å²) in [5.74, 6) is 1.21. The number of nitrogens with zero attached hydrogens (tertiary/aromatic N) is 2. The number of amides is 1. The zero-order chi connectivity index (χ0) is 13.8. The van der Waals surface area contributed by atoms with Crippen molar-refractivity contribution in [2.24, 2.45) is 5.92 Å². The number of H-pyrrole nitrogens is 1. The molecule has 0 saturated heterocycles. The maximum atomic E-state index is 11.9. The molecule has 20 heavy (non-hydrogen) atoms. The van der Waals surface area contributed by atoms with Crippen LogP contribution in [-0.2, 0) is 11.3 Å². The van der Waals surface area contributed by atoms with E-state index in [1.165, 1.54) is 6.42 Å². The summed E-state index contributed by atoms with van der Waals surface area (Å²) in [6.45, 7) is 0.422. The van der Waals surface area contributed by atoms with E-state index in [1.54, 1.807) is 6.20 Å². The molecule has 1 aliphatic carbocycles. The lowest BCUT2D eigenvalue weighted by Gasteiger charge is -2.15. The summed E-state index contributed by atoms with van der Waals surface area (Å²) in [7, 11) is 0. The minimum Gasteiger partial charge on any atom is -0.349 e. The number of aromatic nitrogens is 3. The molecular weight excluding hydrogens is 252 g/mol. The molecule has 104 valence electrons. The van der Waals surface area contributed by atoms with Crippen LogP contribution in [0.2, 0.25) is 0 Å². The van der Waals surface area contributed by atoms with Gasteiger partial charge >= 0.3 is 0 Å². The molecule has 1 amide bonds. The Morgan fingerprint density at radius 1 is 1.50 bits per heavy atom. The van der Waals surface area contributed by atoms with Crippen LogP contribution in [0.5, 0.6) is 0 Å². The smallest absolute Gasteiger partial charge is 0.220 e. The van der Waals surface area contributed by atoms with Crippen molar-refractivity contribution in [2.75, 3.05) is 0 Å². The first kappa shape index (κ1) is 12.8. The van der Waals surface area contributed by atoms with Crippen molar-refractivity contribution in [1.29, 1.82) is 0 Å². The summed E-state index contributed by atoms with van der Waals surface area (Å²) in [6.07, 6.45) is 10.0. The molecule has 0 aromatic carbocycles. The van der Waals surface area contributed by atoms with Gasteiger partial charge in [-0.2, -0.15) is 0 Å². The number of imidazole rings is 1. The zero-order valence-electron chi connectivity index (χ0n) is 11.3. The Hall–Kier alpha value is -2.17. The summed E-state index contributed by atoms with van der Waals surface area (Å²) in [4.78, 5) is 23.5. The molecule has 0 saturated carbocycles. The molecule has 1 unspecified atom stereocenters. The van der Waals surface area contributed by atoms with E-state index in [-0.39, 0.29) is 5.91 Å². The number of hydrogen-bond acceptors (Lipinski definition) is 3. The predicted molar refractivity (Wildman–Crippen MR) is 76.8 cm³/mol. The Morgan fingerprint density at radius 3 is 3.25 bits per heavy atom. The van der Waals surface area contributed by atoms with Gasteiger partial charge in [0.2, 0.25) is 5.91 Å². The van der Waals surface area contributed by atoms with E-state index in [0.717, 1.165) is 24.2 Å².